The third-order valence-electron chi connectivity index (χ3n) is 5.31. The zero-order valence-electron chi connectivity index (χ0n) is 15.0. The van der Waals surface area contributed by atoms with Gasteiger partial charge in [0.1, 0.15) is 24.4 Å². The molecule has 5 N–H and O–H groups in total. The highest BCUT2D eigenvalue weighted by molar-refractivity contribution is 5.67. The summed E-state index contributed by atoms with van der Waals surface area (Å²) in [6, 6.07) is 0. The fourth-order valence-corrected chi connectivity index (χ4v) is 3.87. The van der Waals surface area contributed by atoms with E-state index in [0.29, 0.717) is 19.3 Å². The molecule has 8 heteroatoms. The Hall–Kier alpha value is -1.03. The van der Waals surface area contributed by atoms with E-state index in [1.54, 1.807) is 0 Å². The molecule has 2 fully saturated rings. The van der Waals surface area contributed by atoms with E-state index in [4.69, 9.17) is 14.6 Å². The van der Waals surface area contributed by atoms with Crippen molar-refractivity contribution in [2.24, 2.45) is 11.8 Å². The van der Waals surface area contributed by atoms with Gasteiger partial charge in [-0.1, -0.05) is 19.1 Å². The van der Waals surface area contributed by atoms with Gasteiger partial charge in [0.05, 0.1) is 12.7 Å². The molecule has 0 aromatic rings. The predicted octanol–water partition coefficient (Wildman–Crippen LogP) is 0.0287. The third-order valence-corrected chi connectivity index (χ3v) is 5.31. The minimum absolute atomic E-state index is 0.0381. The number of hydrogen-bond donors (Lipinski definition) is 5. The Morgan fingerprint density at radius 3 is 2.50 bits per heavy atom. The molecule has 8 nitrogen and oxygen atoms in total. The number of aliphatic hydroxyl groups excluding tert-OH is 4. The number of carboxylic acids is 1. The highest BCUT2D eigenvalue weighted by atomic mass is 16.7. The standard InChI is InChI=1S/C18H30O8/c1-2-3-4-5-11-10(8-14(20)21)6-7-12(11)25-18-17(24)16(23)15(22)13(9-19)26-18/h3-4,10-13,15-19,22-24H,2,5-9H2,1H3,(H,20,21)/b4-3-/t10-,11-,12-,13-,15-,16+,17-,18-/m1/s1. The number of aliphatic hydroxyl groups is 4. The van der Waals surface area contributed by atoms with Gasteiger partial charge in [0.15, 0.2) is 6.29 Å². The molecule has 8 atom stereocenters. The summed E-state index contributed by atoms with van der Waals surface area (Å²) in [5, 5.41) is 48.3. The smallest absolute Gasteiger partial charge is 0.303 e. The second kappa shape index (κ2) is 9.77. The molecule has 0 aromatic carbocycles. The molecule has 1 heterocycles. The van der Waals surface area contributed by atoms with Crippen molar-refractivity contribution >= 4 is 5.97 Å². The number of aliphatic carboxylic acids is 1. The first-order valence-corrected chi connectivity index (χ1v) is 9.21. The minimum atomic E-state index is -1.49. The van der Waals surface area contributed by atoms with Crippen LogP contribution in [-0.2, 0) is 14.3 Å². The third kappa shape index (κ3) is 5.03. The second-order valence-electron chi connectivity index (χ2n) is 7.09. The molecule has 150 valence electrons. The van der Waals surface area contributed by atoms with Crippen molar-refractivity contribution in [2.75, 3.05) is 6.61 Å². The molecular formula is C18H30O8. The van der Waals surface area contributed by atoms with Gasteiger partial charge in [-0.05, 0) is 37.5 Å². The summed E-state index contributed by atoms with van der Waals surface area (Å²) in [6.07, 6.45) is 0.0423. The number of allylic oxidation sites excluding steroid dienone is 2. The topological polar surface area (TPSA) is 137 Å². The Bertz CT molecular complexity index is 480. The van der Waals surface area contributed by atoms with Crippen LogP contribution in [0.2, 0.25) is 0 Å². The van der Waals surface area contributed by atoms with Crippen molar-refractivity contribution in [3.8, 4) is 0 Å². The molecule has 1 saturated carbocycles. The molecule has 1 aliphatic heterocycles. The number of rotatable bonds is 8. The van der Waals surface area contributed by atoms with Crippen molar-refractivity contribution in [3.63, 3.8) is 0 Å². The molecule has 2 rings (SSSR count). The van der Waals surface area contributed by atoms with E-state index >= 15 is 0 Å². The number of carbonyl (C=O) groups is 1. The van der Waals surface area contributed by atoms with Crippen molar-refractivity contribution < 1.29 is 39.8 Å². The van der Waals surface area contributed by atoms with Crippen LogP contribution < -0.4 is 0 Å². The molecule has 1 saturated heterocycles. The van der Waals surface area contributed by atoms with Gasteiger partial charge >= 0.3 is 5.97 Å². The number of hydrogen-bond acceptors (Lipinski definition) is 7. The van der Waals surface area contributed by atoms with E-state index < -0.39 is 43.3 Å². The largest absolute Gasteiger partial charge is 0.481 e. The van der Waals surface area contributed by atoms with E-state index in [9.17, 15) is 25.2 Å². The van der Waals surface area contributed by atoms with Gasteiger partial charge in [-0.3, -0.25) is 4.79 Å². The first-order chi connectivity index (χ1) is 12.4. The zero-order chi connectivity index (χ0) is 19.3. The van der Waals surface area contributed by atoms with Crippen LogP contribution in [0.1, 0.15) is 39.0 Å². The van der Waals surface area contributed by atoms with Crippen LogP contribution in [0, 0.1) is 11.8 Å². The number of carboxylic acid groups (broad SMARTS) is 1. The normalized spacial score (nSPS) is 41.0. The van der Waals surface area contributed by atoms with Crippen LogP contribution in [0.15, 0.2) is 12.2 Å². The lowest BCUT2D eigenvalue weighted by Crippen LogP contribution is -2.59. The lowest BCUT2D eigenvalue weighted by Gasteiger charge is -2.41. The van der Waals surface area contributed by atoms with Gasteiger partial charge in [0.25, 0.3) is 0 Å². The Labute approximate surface area is 153 Å². The maximum atomic E-state index is 11.1. The summed E-state index contributed by atoms with van der Waals surface area (Å²) in [6.45, 7) is 1.50. The molecule has 0 unspecified atom stereocenters. The minimum Gasteiger partial charge on any atom is -0.481 e. The van der Waals surface area contributed by atoms with E-state index in [1.807, 2.05) is 19.1 Å². The molecule has 0 amide bonds. The average molecular weight is 374 g/mol. The van der Waals surface area contributed by atoms with E-state index in [0.717, 1.165) is 6.42 Å². The summed E-state index contributed by atoms with van der Waals surface area (Å²) >= 11 is 0. The first kappa shape index (κ1) is 21.3. The van der Waals surface area contributed by atoms with E-state index in [1.165, 1.54) is 0 Å². The monoisotopic (exact) mass is 374 g/mol. The summed E-state index contributed by atoms with van der Waals surface area (Å²) in [4.78, 5) is 11.1. The van der Waals surface area contributed by atoms with Crippen molar-refractivity contribution in [1.29, 1.82) is 0 Å². The Kier molecular flexibility index (Phi) is 8.00. The summed E-state index contributed by atoms with van der Waals surface area (Å²) in [7, 11) is 0. The van der Waals surface area contributed by atoms with Crippen LogP contribution in [0.4, 0.5) is 0 Å². The van der Waals surface area contributed by atoms with Crippen LogP contribution >= 0.6 is 0 Å². The maximum Gasteiger partial charge on any atom is 0.303 e. The molecule has 26 heavy (non-hydrogen) atoms. The average Bonchev–Trinajstić information content (AvgIpc) is 2.96. The lowest BCUT2D eigenvalue weighted by molar-refractivity contribution is -0.313. The molecule has 0 bridgehead atoms. The zero-order valence-corrected chi connectivity index (χ0v) is 15.0. The van der Waals surface area contributed by atoms with Crippen molar-refractivity contribution in [3.05, 3.63) is 12.2 Å². The molecule has 2 aliphatic rings. The van der Waals surface area contributed by atoms with Crippen LogP contribution in [0.5, 0.6) is 0 Å². The summed E-state index contributed by atoms with van der Waals surface area (Å²) in [5.41, 5.74) is 0. The molecule has 1 aliphatic carbocycles. The SMILES string of the molecule is CC/C=C\C[C@@H]1[C@@H](CC(=O)O)CC[C@H]1O[C@@H]1O[C@H](CO)[C@@H](O)[C@H](O)[C@H]1O. The van der Waals surface area contributed by atoms with Gasteiger partial charge in [-0.25, -0.2) is 0 Å². The second-order valence-corrected chi connectivity index (χ2v) is 7.09. The van der Waals surface area contributed by atoms with Crippen LogP contribution in [0.25, 0.3) is 0 Å². The van der Waals surface area contributed by atoms with Gasteiger partial charge in [-0.2, -0.15) is 0 Å². The molecule has 0 aromatic heterocycles. The Morgan fingerprint density at radius 1 is 1.15 bits per heavy atom. The molecule has 0 radical (unpaired) electrons. The maximum absolute atomic E-state index is 11.1. The Balaban J connectivity index is 2.07. The van der Waals surface area contributed by atoms with E-state index in [2.05, 4.69) is 0 Å². The highest BCUT2D eigenvalue weighted by Crippen LogP contribution is 2.40. The highest BCUT2D eigenvalue weighted by Gasteiger charge is 2.47. The predicted molar refractivity (Wildman–Crippen MR) is 91.2 cm³/mol. The van der Waals surface area contributed by atoms with Gasteiger partial charge < -0.3 is 35.0 Å². The Morgan fingerprint density at radius 2 is 1.88 bits per heavy atom. The molecule has 0 spiro atoms. The van der Waals surface area contributed by atoms with Gasteiger partial charge in [-0.15, -0.1) is 0 Å². The first-order valence-electron chi connectivity index (χ1n) is 9.21. The number of ether oxygens (including phenoxy) is 2. The van der Waals surface area contributed by atoms with E-state index in [-0.39, 0.29) is 24.4 Å². The lowest BCUT2D eigenvalue weighted by atomic mass is 9.88. The van der Waals surface area contributed by atoms with Gasteiger partial charge in [0.2, 0.25) is 0 Å². The van der Waals surface area contributed by atoms with Crippen LogP contribution in [-0.4, -0.2) is 74.9 Å². The molecular weight excluding hydrogens is 344 g/mol. The van der Waals surface area contributed by atoms with Gasteiger partial charge in [0, 0.05) is 6.42 Å². The fourth-order valence-electron chi connectivity index (χ4n) is 3.87. The fraction of sp³-hybridized carbons (Fsp3) is 0.833. The summed E-state index contributed by atoms with van der Waals surface area (Å²) in [5.74, 6) is -0.932. The van der Waals surface area contributed by atoms with Crippen molar-refractivity contribution in [1.82, 2.24) is 0 Å². The van der Waals surface area contributed by atoms with Crippen LogP contribution in [0.3, 0.4) is 0 Å². The van der Waals surface area contributed by atoms with Crippen molar-refractivity contribution in [2.45, 2.75) is 75.8 Å². The summed E-state index contributed by atoms with van der Waals surface area (Å²) < 4.78 is 11.3. The quantitative estimate of drug-likeness (QED) is 0.375.